The Bertz CT molecular complexity index is 612. The van der Waals surface area contributed by atoms with Gasteiger partial charge in [-0.25, -0.2) is 0 Å². The van der Waals surface area contributed by atoms with E-state index in [1.807, 2.05) is 0 Å². The molecule has 2 amide bonds. The molecule has 0 spiro atoms. The Kier molecular flexibility index (Phi) is 2.72. The fourth-order valence-electron chi connectivity index (χ4n) is 1.46. The number of primary amides is 1. The minimum Gasteiger partial charge on any atom is -0.382 e. The molecule has 0 aliphatic heterocycles. The van der Waals surface area contributed by atoms with Gasteiger partial charge in [0.05, 0.1) is 11.9 Å². The second kappa shape index (κ2) is 4.20. The van der Waals surface area contributed by atoms with Gasteiger partial charge in [-0.3, -0.25) is 19.4 Å². The van der Waals surface area contributed by atoms with Crippen molar-refractivity contribution in [3.8, 4) is 0 Å². The van der Waals surface area contributed by atoms with Gasteiger partial charge < -0.3 is 16.8 Å². The molecule has 0 atom stereocenters. The zero-order valence-electron chi connectivity index (χ0n) is 9.47. The maximum atomic E-state index is 11.8. The highest BCUT2D eigenvalue weighted by Gasteiger charge is 2.17. The predicted octanol–water partition coefficient (Wildman–Crippen LogP) is -0.923. The van der Waals surface area contributed by atoms with Crippen LogP contribution in [0.2, 0.25) is 0 Å². The third kappa shape index (κ3) is 2.00. The zero-order valence-corrected chi connectivity index (χ0v) is 9.47. The number of nitrogens with two attached hydrogens (primary N) is 2. The van der Waals surface area contributed by atoms with Crippen molar-refractivity contribution in [3.63, 3.8) is 0 Å². The molecule has 0 fully saturated rings. The van der Waals surface area contributed by atoms with Gasteiger partial charge in [-0.1, -0.05) is 0 Å². The third-order valence-electron chi connectivity index (χ3n) is 2.26. The number of aromatic amines is 1. The average molecular weight is 249 g/mol. The van der Waals surface area contributed by atoms with Crippen molar-refractivity contribution >= 4 is 23.3 Å². The van der Waals surface area contributed by atoms with Crippen molar-refractivity contribution in [1.29, 1.82) is 0 Å². The molecule has 0 saturated carbocycles. The van der Waals surface area contributed by atoms with Gasteiger partial charge in [0.15, 0.2) is 0 Å². The molecule has 0 radical (unpaired) electrons. The van der Waals surface area contributed by atoms with Crippen LogP contribution in [-0.2, 0) is 7.05 Å². The van der Waals surface area contributed by atoms with Gasteiger partial charge in [-0.15, -0.1) is 0 Å². The molecule has 9 nitrogen and oxygen atoms in total. The van der Waals surface area contributed by atoms with E-state index in [0.29, 0.717) is 0 Å². The SMILES string of the molecule is Cn1ncc(NC(=O)c2cc(N)n[nH]2)c1C(N)=O. The summed E-state index contributed by atoms with van der Waals surface area (Å²) in [6.07, 6.45) is 1.33. The van der Waals surface area contributed by atoms with E-state index < -0.39 is 11.8 Å². The van der Waals surface area contributed by atoms with Crippen molar-refractivity contribution in [3.05, 3.63) is 23.7 Å². The van der Waals surface area contributed by atoms with E-state index in [0.717, 1.165) is 0 Å². The van der Waals surface area contributed by atoms with Gasteiger partial charge in [0.1, 0.15) is 17.2 Å². The lowest BCUT2D eigenvalue weighted by Gasteiger charge is -2.03. The van der Waals surface area contributed by atoms with Crippen molar-refractivity contribution in [2.45, 2.75) is 0 Å². The first-order valence-corrected chi connectivity index (χ1v) is 4.93. The summed E-state index contributed by atoms with van der Waals surface area (Å²) in [4.78, 5) is 23.0. The molecule has 0 bridgehead atoms. The van der Waals surface area contributed by atoms with Crippen LogP contribution in [-0.4, -0.2) is 31.8 Å². The fourth-order valence-corrected chi connectivity index (χ4v) is 1.46. The van der Waals surface area contributed by atoms with Crippen LogP contribution in [0.5, 0.6) is 0 Å². The molecule has 0 aliphatic rings. The largest absolute Gasteiger partial charge is 0.382 e. The van der Waals surface area contributed by atoms with Gasteiger partial charge >= 0.3 is 0 Å². The summed E-state index contributed by atoms with van der Waals surface area (Å²) < 4.78 is 1.28. The van der Waals surface area contributed by atoms with Crippen molar-refractivity contribution in [2.75, 3.05) is 11.1 Å². The molecule has 2 aromatic heterocycles. The van der Waals surface area contributed by atoms with Crippen LogP contribution in [0.25, 0.3) is 0 Å². The summed E-state index contributed by atoms with van der Waals surface area (Å²) in [5, 5.41) is 12.4. The van der Waals surface area contributed by atoms with E-state index in [2.05, 4.69) is 20.6 Å². The normalized spacial score (nSPS) is 10.3. The van der Waals surface area contributed by atoms with E-state index in [9.17, 15) is 9.59 Å². The van der Waals surface area contributed by atoms with Crippen LogP contribution in [0.3, 0.4) is 0 Å². The minimum absolute atomic E-state index is 0.107. The molecule has 0 unspecified atom stereocenters. The second-order valence-electron chi connectivity index (χ2n) is 3.56. The third-order valence-corrected chi connectivity index (χ3v) is 2.26. The smallest absolute Gasteiger partial charge is 0.273 e. The summed E-state index contributed by atoms with van der Waals surface area (Å²) in [5.41, 5.74) is 11.1. The molecule has 18 heavy (non-hydrogen) atoms. The number of carbonyl (C=O) groups is 2. The molecule has 94 valence electrons. The number of nitrogens with zero attached hydrogens (tertiary/aromatic N) is 3. The number of hydrogen-bond acceptors (Lipinski definition) is 5. The monoisotopic (exact) mass is 249 g/mol. The van der Waals surface area contributed by atoms with Crippen LogP contribution >= 0.6 is 0 Å². The summed E-state index contributed by atoms with van der Waals surface area (Å²) in [7, 11) is 1.55. The first-order chi connectivity index (χ1) is 8.49. The molecular weight excluding hydrogens is 238 g/mol. The summed E-state index contributed by atoms with van der Waals surface area (Å²) >= 11 is 0. The van der Waals surface area contributed by atoms with Crippen LogP contribution in [0.1, 0.15) is 21.0 Å². The van der Waals surface area contributed by atoms with E-state index in [4.69, 9.17) is 11.5 Å². The number of anilines is 2. The zero-order chi connectivity index (χ0) is 13.3. The minimum atomic E-state index is -0.686. The number of aromatic nitrogens is 4. The number of nitrogen functional groups attached to an aromatic ring is 1. The maximum absolute atomic E-state index is 11.8. The molecule has 0 aromatic carbocycles. The highest BCUT2D eigenvalue weighted by atomic mass is 16.2. The number of aryl methyl sites for hydroxylation is 1. The van der Waals surface area contributed by atoms with Crippen molar-refractivity contribution in [1.82, 2.24) is 20.0 Å². The Balaban J connectivity index is 2.25. The summed E-state index contributed by atoms with van der Waals surface area (Å²) in [6.45, 7) is 0. The van der Waals surface area contributed by atoms with Gasteiger partial charge in [0, 0.05) is 13.1 Å². The van der Waals surface area contributed by atoms with Crippen LogP contribution in [0, 0.1) is 0 Å². The quantitative estimate of drug-likeness (QED) is 0.555. The van der Waals surface area contributed by atoms with E-state index >= 15 is 0 Å². The molecular formula is C9H11N7O2. The highest BCUT2D eigenvalue weighted by molar-refractivity contribution is 6.07. The lowest BCUT2D eigenvalue weighted by Crippen LogP contribution is -2.20. The van der Waals surface area contributed by atoms with E-state index in [-0.39, 0.29) is 22.9 Å². The molecule has 2 aromatic rings. The fraction of sp³-hybridized carbons (Fsp3) is 0.111. The van der Waals surface area contributed by atoms with E-state index in [1.54, 1.807) is 7.05 Å². The lowest BCUT2D eigenvalue weighted by molar-refractivity contribution is 0.0992. The predicted molar refractivity (Wildman–Crippen MR) is 62.7 cm³/mol. The maximum Gasteiger partial charge on any atom is 0.273 e. The Morgan fingerprint density at radius 3 is 2.78 bits per heavy atom. The van der Waals surface area contributed by atoms with Crippen LogP contribution in [0.4, 0.5) is 11.5 Å². The number of carbonyl (C=O) groups excluding carboxylic acids is 2. The number of H-pyrrole nitrogens is 1. The number of rotatable bonds is 3. The average Bonchev–Trinajstić information content (AvgIpc) is 2.85. The molecule has 2 heterocycles. The molecule has 9 heteroatoms. The molecule has 0 aliphatic carbocycles. The lowest BCUT2D eigenvalue weighted by atomic mass is 10.3. The van der Waals surface area contributed by atoms with Gasteiger partial charge in [-0.2, -0.15) is 10.2 Å². The standard InChI is InChI=1S/C9H11N7O2/c1-16-7(8(11)17)5(3-12-16)13-9(18)4-2-6(10)15-14-4/h2-3H,1H3,(H2,11,17)(H,13,18)(H3,10,14,15). The Labute approximate surface area is 101 Å². The second-order valence-corrected chi connectivity index (χ2v) is 3.56. The van der Waals surface area contributed by atoms with Gasteiger partial charge in [0.2, 0.25) is 0 Å². The van der Waals surface area contributed by atoms with Crippen molar-refractivity contribution in [2.24, 2.45) is 12.8 Å². The van der Waals surface area contributed by atoms with Crippen LogP contribution in [0.15, 0.2) is 12.3 Å². The molecule has 2 rings (SSSR count). The number of nitrogens with one attached hydrogen (secondary N) is 2. The van der Waals surface area contributed by atoms with Crippen molar-refractivity contribution < 1.29 is 9.59 Å². The van der Waals surface area contributed by atoms with Crippen LogP contribution < -0.4 is 16.8 Å². The van der Waals surface area contributed by atoms with E-state index in [1.165, 1.54) is 16.9 Å². The molecule has 6 N–H and O–H groups in total. The Morgan fingerprint density at radius 1 is 1.50 bits per heavy atom. The Hall–Kier alpha value is -2.84. The highest BCUT2D eigenvalue weighted by Crippen LogP contribution is 2.14. The van der Waals surface area contributed by atoms with Gasteiger partial charge in [-0.05, 0) is 0 Å². The number of amides is 2. The molecule has 0 saturated heterocycles. The van der Waals surface area contributed by atoms with Gasteiger partial charge in [0.25, 0.3) is 11.8 Å². The summed E-state index contributed by atoms with van der Waals surface area (Å²) in [5.74, 6) is -0.981. The summed E-state index contributed by atoms with van der Waals surface area (Å²) in [6, 6.07) is 1.37. The Morgan fingerprint density at radius 2 is 2.22 bits per heavy atom. The topological polar surface area (TPSA) is 145 Å². The first kappa shape index (κ1) is 11.6. The number of hydrogen-bond donors (Lipinski definition) is 4. The first-order valence-electron chi connectivity index (χ1n) is 4.93.